The lowest BCUT2D eigenvalue weighted by atomic mass is 10.1. The zero-order valence-electron chi connectivity index (χ0n) is 12.8. The molecule has 1 heterocycles. The Kier molecular flexibility index (Phi) is 4.00. The fraction of sp³-hybridized carbons (Fsp3) is 0.278. The quantitative estimate of drug-likeness (QED) is 0.853. The second-order valence-electron chi connectivity index (χ2n) is 5.74. The van der Waals surface area contributed by atoms with Gasteiger partial charge in [-0.15, -0.1) is 0 Å². The van der Waals surface area contributed by atoms with Crippen LogP contribution in [0.15, 0.2) is 42.5 Å². The fourth-order valence-electron chi connectivity index (χ4n) is 2.92. The molecule has 0 aromatic heterocycles. The predicted molar refractivity (Wildman–Crippen MR) is 91.2 cm³/mol. The highest BCUT2D eigenvalue weighted by atomic mass is 16.1. The number of hydrogen-bond acceptors (Lipinski definition) is 3. The van der Waals surface area contributed by atoms with Crippen LogP contribution in [0.25, 0.3) is 0 Å². The molecule has 0 atom stereocenters. The summed E-state index contributed by atoms with van der Waals surface area (Å²) in [6.07, 6.45) is 1.55. The first-order chi connectivity index (χ1) is 10.6. The number of nitrogens with two attached hydrogens (primary N) is 1. The van der Waals surface area contributed by atoms with Gasteiger partial charge in [0.1, 0.15) is 0 Å². The van der Waals surface area contributed by atoms with Gasteiger partial charge in [-0.3, -0.25) is 4.79 Å². The van der Waals surface area contributed by atoms with Gasteiger partial charge in [-0.2, -0.15) is 0 Å². The van der Waals surface area contributed by atoms with Gasteiger partial charge in [-0.1, -0.05) is 18.2 Å². The van der Waals surface area contributed by atoms with E-state index in [-0.39, 0.29) is 5.91 Å². The molecule has 0 bridgehead atoms. The van der Waals surface area contributed by atoms with Crippen LogP contribution in [-0.2, 0) is 11.2 Å². The largest absolute Gasteiger partial charge is 0.399 e. The Labute approximate surface area is 130 Å². The first-order valence-electron chi connectivity index (χ1n) is 7.62. The number of benzene rings is 2. The molecule has 1 amide bonds. The third kappa shape index (κ3) is 3.06. The molecular formula is C18H21N3O. The van der Waals surface area contributed by atoms with Crippen LogP contribution in [0.5, 0.6) is 0 Å². The van der Waals surface area contributed by atoms with Crippen molar-refractivity contribution < 1.29 is 4.79 Å². The predicted octanol–water partition coefficient (Wildman–Crippen LogP) is 2.97. The van der Waals surface area contributed by atoms with Gasteiger partial charge in [0.25, 0.3) is 0 Å². The number of para-hydroxylation sites is 1. The number of anilines is 3. The van der Waals surface area contributed by atoms with E-state index in [0.29, 0.717) is 12.1 Å². The van der Waals surface area contributed by atoms with Crippen molar-refractivity contribution in [1.82, 2.24) is 0 Å². The number of aryl methyl sites for hydroxylation is 1. The van der Waals surface area contributed by atoms with Crippen LogP contribution >= 0.6 is 0 Å². The monoisotopic (exact) mass is 295 g/mol. The summed E-state index contributed by atoms with van der Waals surface area (Å²) in [6, 6.07) is 13.9. The summed E-state index contributed by atoms with van der Waals surface area (Å²) in [5.41, 5.74) is 10.9. The standard InChI is InChI=1S/C18H21N3O/c1-13-12-15(19)6-7-16(13)20-18(22)9-11-21-10-8-14-4-2-3-5-17(14)21/h2-7,12H,8-11,19H2,1H3,(H,20,22). The van der Waals surface area contributed by atoms with Crippen LogP contribution in [-0.4, -0.2) is 19.0 Å². The van der Waals surface area contributed by atoms with Gasteiger partial charge in [-0.05, 0) is 48.7 Å². The number of hydrogen-bond donors (Lipinski definition) is 2. The van der Waals surface area contributed by atoms with E-state index >= 15 is 0 Å². The molecular weight excluding hydrogens is 274 g/mol. The molecule has 0 saturated carbocycles. The third-order valence-electron chi connectivity index (χ3n) is 4.12. The number of nitrogens with zero attached hydrogens (tertiary/aromatic N) is 1. The van der Waals surface area contributed by atoms with Gasteiger partial charge in [0.15, 0.2) is 0 Å². The molecule has 0 spiro atoms. The Morgan fingerprint density at radius 3 is 2.91 bits per heavy atom. The lowest BCUT2D eigenvalue weighted by molar-refractivity contribution is -0.116. The molecule has 4 heteroatoms. The van der Waals surface area contributed by atoms with E-state index in [9.17, 15) is 4.79 Å². The van der Waals surface area contributed by atoms with E-state index in [1.54, 1.807) is 6.07 Å². The van der Waals surface area contributed by atoms with E-state index in [1.165, 1.54) is 11.3 Å². The van der Waals surface area contributed by atoms with Gasteiger partial charge >= 0.3 is 0 Å². The summed E-state index contributed by atoms with van der Waals surface area (Å²) in [6.45, 7) is 3.69. The van der Waals surface area contributed by atoms with Crippen LogP contribution in [0.1, 0.15) is 17.5 Å². The van der Waals surface area contributed by atoms with Crippen LogP contribution in [0.2, 0.25) is 0 Å². The molecule has 1 aliphatic rings. The maximum atomic E-state index is 12.1. The Hall–Kier alpha value is -2.49. The highest BCUT2D eigenvalue weighted by Crippen LogP contribution is 2.27. The van der Waals surface area contributed by atoms with Crippen molar-refractivity contribution >= 4 is 23.0 Å². The number of nitrogens with one attached hydrogen (secondary N) is 1. The Balaban J connectivity index is 1.57. The van der Waals surface area contributed by atoms with E-state index < -0.39 is 0 Å². The van der Waals surface area contributed by atoms with Crippen LogP contribution in [0, 0.1) is 6.92 Å². The fourth-order valence-corrected chi connectivity index (χ4v) is 2.92. The number of carbonyl (C=O) groups excluding carboxylic acids is 1. The maximum absolute atomic E-state index is 12.1. The third-order valence-corrected chi connectivity index (χ3v) is 4.12. The topological polar surface area (TPSA) is 58.4 Å². The van der Waals surface area contributed by atoms with Crippen LogP contribution < -0.4 is 16.0 Å². The summed E-state index contributed by atoms with van der Waals surface area (Å²) >= 11 is 0. The average Bonchev–Trinajstić information content (AvgIpc) is 2.91. The van der Waals surface area contributed by atoms with Crippen molar-refractivity contribution in [2.24, 2.45) is 0 Å². The molecule has 3 rings (SSSR count). The second kappa shape index (κ2) is 6.10. The Bertz CT molecular complexity index is 696. The number of carbonyl (C=O) groups is 1. The van der Waals surface area contributed by atoms with E-state index in [2.05, 4.69) is 34.5 Å². The van der Waals surface area contributed by atoms with Gasteiger partial charge < -0.3 is 16.0 Å². The lowest BCUT2D eigenvalue weighted by Crippen LogP contribution is -2.26. The molecule has 0 fully saturated rings. The zero-order chi connectivity index (χ0) is 15.5. The minimum atomic E-state index is 0.0391. The minimum Gasteiger partial charge on any atom is -0.399 e. The van der Waals surface area contributed by atoms with Crippen molar-refractivity contribution in [3.8, 4) is 0 Å². The summed E-state index contributed by atoms with van der Waals surface area (Å²) in [5.74, 6) is 0.0391. The van der Waals surface area contributed by atoms with E-state index in [1.807, 2.05) is 19.1 Å². The number of nitrogen functional groups attached to an aromatic ring is 1. The van der Waals surface area contributed by atoms with Crippen molar-refractivity contribution in [3.63, 3.8) is 0 Å². The average molecular weight is 295 g/mol. The molecule has 2 aromatic rings. The van der Waals surface area contributed by atoms with E-state index in [4.69, 9.17) is 5.73 Å². The van der Waals surface area contributed by atoms with Crippen molar-refractivity contribution in [3.05, 3.63) is 53.6 Å². The van der Waals surface area contributed by atoms with Gasteiger partial charge in [0.05, 0.1) is 0 Å². The van der Waals surface area contributed by atoms with Gasteiger partial charge in [-0.25, -0.2) is 0 Å². The summed E-state index contributed by atoms with van der Waals surface area (Å²) in [4.78, 5) is 14.4. The smallest absolute Gasteiger partial charge is 0.226 e. The first kappa shape index (κ1) is 14.4. The SMILES string of the molecule is Cc1cc(N)ccc1NC(=O)CCN1CCc2ccccc21. The summed E-state index contributed by atoms with van der Waals surface area (Å²) in [7, 11) is 0. The van der Waals surface area contributed by atoms with Crippen LogP contribution in [0.3, 0.4) is 0 Å². The molecule has 0 unspecified atom stereocenters. The second-order valence-corrected chi connectivity index (χ2v) is 5.74. The van der Waals surface area contributed by atoms with E-state index in [0.717, 1.165) is 30.8 Å². The summed E-state index contributed by atoms with van der Waals surface area (Å²) < 4.78 is 0. The van der Waals surface area contributed by atoms with Gasteiger partial charge in [0.2, 0.25) is 5.91 Å². The van der Waals surface area contributed by atoms with Crippen molar-refractivity contribution in [2.45, 2.75) is 19.8 Å². The highest BCUT2D eigenvalue weighted by molar-refractivity contribution is 5.92. The minimum absolute atomic E-state index is 0.0391. The molecule has 0 radical (unpaired) electrons. The summed E-state index contributed by atoms with van der Waals surface area (Å²) in [5, 5.41) is 2.96. The number of amides is 1. The first-order valence-corrected chi connectivity index (χ1v) is 7.62. The molecule has 22 heavy (non-hydrogen) atoms. The number of fused-ring (bicyclic) bond motifs is 1. The normalized spacial score (nSPS) is 13.0. The molecule has 2 aromatic carbocycles. The zero-order valence-corrected chi connectivity index (χ0v) is 12.8. The van der Waals surface area contributed by atoms with Crippen molar-refractivity contribution in [1.29, 1.82) is 0 Å². The maximum Gasteiger partial charge on any atom is 0.226 e. The molecule has 1 aliphatic heterocycles. The van der Waals surface area contributed by atoms with Crippen molar-refractivity contribution in [2.75, 3.05) is 29.0 Å². The van der Waals surface area contributed by atoms with Crippen LogP contribution in [0.4, 0.5) is 17.1 Å². The molecule has 114 valence electrons. The molecule has 0 aliphatic carbocycles. The number of rotatable bonds is 4. The Morgan fingerprint density at radius 1 is 1.27 bits per heavy atom. The highest BCUT2D eigenvalue weighted by Gasteiger charge is 2.18. The van der Waals surface area contributed by atoms with Gasteiger partial charge in [0, 0.05) is 36.6 Å². The molecule has 4 nitrogen and oxygen atoms in total. The molecule has 3 N–H and O–H groups in total. The lowest BCUT2D eigenvalue weighted by Gasteiger charge is -2.19. The Morgan fingerprint density at radius 2 is 2.09 bits per heavy atom. The molecule has 0 saturated heterocycles.